The van der Waals surface area contributed by atoms with Gasteiger partial charge in [0, 0.05) is 22.5 Å². The number of halogens is 1. The molecular weight excluding hydrogens is 308 g/mol. The molecule has 4 nitrogen and oxygen atoms in total. The van der Waals surface area contributed by atoms with Crippen molar-refractivity contribution in [3.63, 3.8) is 0 Å². The Kier molecular flexibility index (Phi) is 5.31. The average Bonchev–Trinajstić information content (AvgIpc) is 2.87. The van der Waals surface area contributed by atoms with Crippen LogP contribution in [0.15, 0.2) is 28.8 Å². The van der Waals surface area contributed by atoms with Gasteiger partial charge < -0.3 is 9.84 Å². The van der Waals surface area contributed by atoms with Gasteiger partial charge in [0.2, 0.25) is 5.91 Å². The molecule has 6 heteroatoms. The predicted octanol–water partition coefficient (Wildman–Crippen LogP) is 4.21. The van der Waals surface area contributed by atoms with Gasteiger partial charge in [-0.2, -0.15) is 0 Å². The standard InChI is InChI=1S/C15H17ClN2O2S/c1-9-7-12(18-20-9)8-21-11(3)15(19)17-14-6-4-5-13(16)10(14)2/h4-7,11H,8H2,1-3H3,(H,17,19)/t11-/m1/s1. The molecule has 0 bridgehead atoms. The van der Waals surface area contributed by atoms with E-state index in [0.717, 1.165) is 22.7 Å². The summed E-state index contributed by atoms with van der Waals surface area (Å²) in [5.74, 6) is 1.36. The Morgan fingerprint density at radius 1 is 1.48 bits per heavy atom. The molecule has 2 rings (SSSR count). The van der Waals surface area contributed by atoms with Crippen LogP contribution in [0, 0.1) is 13.8 Å². The first-order valence-electron chi connectivity index (χ1n) is 6.57. The second-order valence-electron chi connectivity index (χ2n) is 4.78. The van der Waals surface area contributed by atoms with E-state index in [0.29, 0.717) is 10.8 Å². The molecule has 1 aromatic carbocycles. The van der Waals surface area contributed by atoms with Crippen LogP contribution in [-0.2, 0) is 10.5 Å². The minimum Gasteiger partial charge on any atom is -0.361 e. The van der Waals surface area contributed by atoms with Gasteiger partial charge >= 0.3 is 0 Å². The Balaban J connectivity index is 1.92. The van der Waals surface area contributed by atoms with E-state index in [2.05, 4.69) is 10.5 Å². The molecule has 0 aliphatic rings. The molecule has 0 saturated heterocycles. The molecule has 1 heterocycles. The fourth-order valence-electron chi connectivity index (χ4n) is 1.75. The van der Waals surface area contributed by atoms with Crippen LogP contribution in [0.25, 0.3) is 0 Å². The number of carbonyl (C=O) groups is 1. The number of nitrogens with one attached hydrogen (secondary N) is 1. The van der Waals surface area contributed by atoms with Gasteiger partial charge in [-0.25, -0.2) is 0 Å². The van der Waals surface area contributed by atoms with Gasteiger partial charge in [0.1, 0.15) is 5.76 Å². The zero-order chi connectivity index (χ0) is 15.4. The highest BCUT2D eigenvalue weighted by atomic mass is 35.5. The third-order valence-electron chi connectivity index (χ3n) is 3.05. The number of aromatic nitrogens is 1. The fourth-order valence-corrected chi connectivity index (χ4v) is 2.69. The zero-order valence-corrected chi connectivity index (χ0v) is 13.7. The van der Waals surface area contributed by atoms with E-state index in [4.69, 9.17) is 16.1 Å². The molecule has 0 saturated carbocycles. The predicted molar refractivity (Wildman–Crippen MR) is 86.8 cm³/mol. The number of hydrogen-bond donors (Lipinski definition) is 1. The third kappa shape index (κ3) is 4.25. The van der Waals surface area contributed by atoms with Crippen LogP contribution < -0.4 is 5.32 Å². The molecular formula is C15H17ClN2O2S. The number of thioether (sulfide) groups is 1. The third-order valence-corrected chi connectivity index (χ3v) is 4.64. The van der Waals surface area contributed by atoms with Gasteiger partial charge in [-0.15, -0.1) is 11.8 Å². The van der Waals surface area contributed by atoms with E-state index in [1.165, 1.54) is 11.8 Å². The normalized spacial score (nSPS) is 12.2. The van der Waals surface area contributed by atoms with Crippen LogP contribution in [0.2, 0.25) is 5.02 Å². The van der Waals surface area contributed by atoms with Crippen LogP contribution in [0.5, 0.6) is 0 Å². The summed E-state index contributed by atoms with van der Waals surface area (Å²) in [7, 11) is 0. The maximum Gasteiger partial charge on any atom is 0.237 e. The summed E-state index contributed by atoms with van der Waals surface area (Å²) in [4.78, 5) is 12.2. The van der Waals surface area contributed by atoms with E-state index in [1.54, 1.807) is 6.07 Å². The molecule has 2 aromatic rings. The molecule has 0 radical (unpaired) electrons. The number of rotatable bonds is 5. The van der Waals surface area contributed by atoms with Crippen molar-refractivity contribution in [1.29, 1.82) is 0 Å². The summed E-state index contributed by atoms with van der Waals surface area (Å²) in [6, 6.07) is 7.34. The highest BCUT2D eigenvalue weighted by Crippen LogP contribution is 2.24. The largest absolute Gasteiger partial charge is 0.361 e. The van der Waals surface area contributed by atoms with Gasteiger partial charge in [-0.3, -0.25) is 4.79 Å². The van der Waals surface area contributed by atoms with Crippen LogP contribution >= 0.6 is 23.4 Å². The lowest BCUT2D eigenvalue weighted by atomic mass is 10.2. The SMILES string of the molecule is Cc1cc(CS[C@H](C)C(=O)Nc2cccc(Cl)c2C)no1. The second-order valence-corrected chi connectivity index (χ2v) is 6.52. The van der Waals surface area contributed by atoms with Crippen molar-refractivity contribution in [2.75, 3.05) is 5.32 Å². The van der Waals surface area contributed by atoms with E-state index in [9.17, 15) is 4.79 Å². The molecule has 0 aliphatic heterocycles. The Morgan fingerprint density at radius 3 is 2.90 bits per heavy atom. The maximum atomic E-state index is 12.2. The van der Waals surface area contributed by atoms with Crippen LogP contribution in [-0.4, -0.2) is 16.3 Å². The van der Waals surface area contributed by atoms with E-state index in [1.807, 2.05) is 39.0 Å². The van der Waals surface area contributed by atoms with E-state index >= 15 is 0 Å². The van der Waals surface area contributed by atoms with Crippen LogP contribution in [0.1, 0.15) is 23.9 Å². The Morgan fingerprint density at radius 2 is 2.24 bits per heavy atom. The molecule has 0 unspecified atom stereocenters. The molecule has 1 N–H and O–H groups in total. The lowest BCUT2D eigenvalue weighted by Gasteiger charge is -2.13. The zero-order valence-electron chi connectivity index (χ0n) is 12.1. The number of carbonyl (C=O) groups excluding carboxylic acids is 1. The molecule has 0 spiro atoms. The molecule has 0 aliphatic carbocycles. The van der Waals surface area contributed by atoms with Crippen molar-refractivity contribution < 1.29 is 9.32 Å². The van der Waals surface area contributed by atoms with E-state index < -0.39 is 0 Å². The van der Waals surface area contributed by atoms with Crippen LogP contribution in [0.4, 0.5) is 5.69 Å². The number of aryl methyl sites for hydroxylation is 1. The minimum atomic E-state index is -0.194. The molecule has 1 amide bonds. The lowest BCUT2D eigenvalue weighted by molar-refractivity contribution is -0.115. The van der Waals surface area contributed by atoms with Gasteiger partial charge in [0.05, 0.1) is 10.9 Å². The smallest absolute Gasteiger partial charge is 0.237 e. The summed E-state index contributed by atoms with van der Waals surface area (Å²) in [5, 5.41) is 7.27. The van der Waals surface area contributed by atoms with Gasteiger partial charge in [-0.1, -0.05) is 22.8 Å². The first-order chi connectivity index (χ1) is 9.97. The first-order valence-corrected chi connectivity index (χ1v) is 8.00. The summed E-state index contributed by atoms with van der Waals surface area (Å²) < 4.78 is 5.00. The molecule has 21 heavy (non-hydrogen) atoms. The number of nitrogens with zero attached hydrogens (tertiary/aromatic N) is 1. The summed E-state index contributed by atoms with van der Waals surface area (Å²) >= 11 is 7.56. The molecule has 112 valence electrons. The van der Waals surface area contributed by atoms with Crippen molar-refractivity contribution in [3.05, 3.63) is 46.3 Å². The summed E-state index contributed by atoms with van der Waals surface area (Å²) in [6.45, 7) is 5.60. The number of anilines is 1. The Hall–Kier alpha value is -1.46. The van der Waals surface area contributed by atoms with Crippen molar-refractivity contribution in [3.8, 4) is 0 Å². The Bertz CT molecular complexity index is 642. The quantitative estimate of drug-likeness (QED) is 0.895. The number of benzene rings is 1. The average molecular weight is 325 g/mol. The highest BCUT2D eigenvalue weighted by Gasteiger charge is 2.16. The molecule has 1 atom stereocenters. The first kappa shape index (κ1) is 15.9. The monoisotopic (exact) mass is 324 g/mol. The topological polar surface area (TPSA) is 55.1 Å². The lowest BCUT2D eigenvalue weighted by Crippen LogP contribution is -2.23. The Labute approximate surface area is 133 Å². The van der Waals surface area contributed by atoms with Gasteiger partial charge in [0.25, 0.3) is 0 Å². The molecule has 1 aromatic heterocycles. The molecule has 0 fully saturated rings. The second kappa shape index (κ2) is 7.00. The van der Waals surface area contributed by atoms with Crippen molar-refractivity contribution in [2.24, 2.45) is 0 Å². The summed E-state index contributed by atoms with van der Waals surface area (Å²) in [5.41, 5.74) is 2.46. The fraction of sp³-hybridized carbons (Fsp3) is 0.333. The van der Waals surface area contributed by atoms with Crippen molar-refractivity contribution in [2.45, 2.75) is 31.8 Å². The summed E-state index contributed by atoms with van der Waals surface area (Å²) in [6.07, 6.45) is 0. The minimum absolute atomic E-state index is 0.0504. The highest BCUT2D eigenvalue weighted by molar-refractivity contribution is 7.99. The van der Waals surface area contributed by atoms with Crippen molar-refractivity contribution >= 4 is 35.0 Å². The van der Waals surface area contributed by atoms with E-state index in [-0.39, 0.29) is 11.2 Å². The maximum absolute atomic E-state index is 12.2. The van der Waals surface area contributed by atoms with Crippen LogP contribution in [0.3, 0.4) is 0 Å². The van der Waals surface area contributed by atoms with Gasteiger partial charge in [-0.05, 0) is 38.5 Å². The number of amides is 1. The number of hydrogen-bond acceptors (Lipinski definition) is 4. The van der Waals surface area contributed by atoms with Gasteiger partial charge in [0.15, 0.2) is 0 Å². The van der Waals surface area contributed by atoms with Crippen molar-refractivity contribution in [1.82, 2.24) is 5.16 Å².